The van der Waals surface area contributed by atoms with Crippen molar-refractivity contribution in [2.75, 3.05) is 6.61 Å². The molecule has 1 rings (SSSR count). The number of hydrogen-bond acceptors (Lipinski definition) is 5. The Morgan fingerprint density at radius 2 is 2.31 bits per heavy atom. The summed E-state index contributed by atoms with van der Waals surface area (Å²) >= 11 is 0. The number of ether oxygens (including phenoxy) is 2. The van der Waals surface area contributed by atoms with Crippen LogP contribution in [0, 0.1) is 0 Å². The van der Waals surface area contributed by atoms with E-state index in [1.807, 2.05) is 0 Å². The number of carbonyl (C=O) groups excluding carboxylic acids is 1. The average Bonchev–Trinajstić information content (AvgIpc) is 2.63. The Labute approximate surface area is 93.5 Å². The van der Waals surface area contributed by atoms with Gasteiger partial charge in [-0.25, -0.2) is 4.79 Å². The molecular formula is C9H16N4O3. The van der Waals surface area contributed by atoms with E-state index in [0.717, 1.165) is 18.6 Å². The summed E-state index contributed by atoms with van der Waals surface area (Å²) < 4.78 is 9.70. The summed E-state index contributed by atoms with van der Waals surface area (Å²) in [7, 11) is 0. The van der Waals surface area contributed by atoms with E-state index in [2.05, 4.69) is 14.9 Å². The van der Waals surface area contributed by atoms with Gasteiger partial charge in [0.15, 0.2) is 0 Å². The molecule has 0 amide bonds. The molecule has 0 bridgehead atoms. The van der Waals surface area contributed by atoms with Crippen LogP contribution in [0.4, 0.5) is 4.79 Å². The van der Waals surface area contributed by atoms with Gasteiger partial charge in [-0.1, -0.05) is 0 Å². The van der Waals surface area contributed by atoms with Crippen LogP contribution in [-0.2, 0) is 9.47 Å². The highest BCUT2D eigenvalue weighted by Crippen LogP contribution is 2.20. The third kappa shape index (κ3) is 4.16. The van der Waals surface area contributed by atoms with Gasteiger partial charge in [0, 0.05) is 12.1 Å². The van der Waals surface area contributed by atoms with Gasteiger partial charge in [-0.15, -0.1) is 5.10 Å². The fourth-order valence-electron chi connectivity index (χ4n) is 1.40. The van der Waals surface area contributed by atoms with Crippen LogP contribution in [0.1, 0.15) is 26.2 Å². The second-order valence-electron chi connectivity index (χ2n) is 3.36. The van der Waals surface area contributed by atoms with Gasteiger partial charge in [-0.3, -0.25) is 0 Å². The molecule has 0 spiro atoms. The lowest BCUT2D eigenvalue weighted by molar-refractivity contribution is 0.0302. The minimum Gasteiger partial charge on any atom is -0.435 e. The first-order valence-corrected chi connectivity index (χ1v) is 5.09. The highest BCUT2D eigenvalue weighted by Gasteiger charge is 2.24. The Balaban J connectivity index is 2.38. The van der Waals surface area contributed by atoms with Crippen molar-refractivity contribution in [1.29, 1.82) is 0 Å². The summed E-state index contributed by atoms with van der Waals surface area (Å²) in [6.07, 6.45) is 1.16. The van der Waals surface area contributed by atoms with Crippen molar-refractivity contribution in [3.05, 3.63) is 0 Å². The molecule has 90 valence electrons. The van der Waals surface area contributed by atoms with Crippen LogP contribution in [-0.4, -0.2) is 30.5 Å². The van der Waals surface area contributed by atoms with E-state index in [1.54, 1.807) is 6.92 Å². The van der Waals surface area contributed by atoms with Gasteiger partial charge < -0.3 is 20.9 Å². The van der Waals surface area contributed by atoms with Crippen molar-refractivity contribution in [1.82, 2.24) is 0 Å². The molecule has 0 aromatic heterocycles. The first-order valence-electron chi connectivity index (χ1n) is 5.09. The fourth-order valence-corrected chi connectivity index (χ4v) is 1.40. The standard InChI is InChI=1S/C9H16N4O3/c1-2-15-9(14)16-7-4-3-6(5-7)12-13-8(10)11/h7H,2-5H2,1H3,(H4,10,11,13)/b12-6+. The molecule has 0 aliphatic heterocycles. The Bertz CT molecular complexity index is 310. The molecule has 4 N–H and O–H groups in total. The summed E-state index contributed by atoms with van der Waals surface area (Å²) in [6.45, 7) is 2.03. The number of nitrogens with zero attached hydrogens (tertiary/aromatic N) is 2. The van der Waals surface area contributed by atoms with Crippen LogP contribution < -0.4 is 11.5 Å². The third-order valence-corrected chi connectivity index (χ3v) is 2.05. The van der Waals surface area contributed by atoms with Crippen molar-refractivity contribution in [2.45, 2.75) is 32.3 Å². The molecule has 1 aliphatic rings. The zero-order chi connectivity index (χ0) is 12.0. The minimum atomic E-state index is -0.643. The molecular weight excluding hydrogens is 212 g/mol. The van der Waals surface area contributed by atoms with Crippen molar-refractivity contribution < 1.29 is 14.3 Å². The lowest BCUT2D eigenvalue weighted by Crippen LogP contribution is -2.22. The molecule has 0 aromatic rings. The number of guanidine groups is 1. The maximum absolute atomic E-state index is 11.0. The Hall–Kier alpha value is -1.79. The predicted molar refractivity (Wildman–Crippen MR) is 59.0 cm³/mol. The molecule has 1 aliphatic carbocycles. The number of rotatable bonds is 3. The van der Waals surface area contributed by atoms with Gasteiger partial charge in [-0.2, -0.15) is 5.10 Å². The normalized spacial score (nSPS) is 21.8. The van der Waals surface area contributed by atoms with E-state index in [9.17, 15) is 4.79 Å². The lowest BCUT2D eigenvalue weighted by Gasteiger charge is -2.09. The maximum atomic E-state index is 11.0. The predicted octanol–water partition coefficient (Wildman–Crippen LogP) is 0.341. The molecule has 1 saturated carbocycles. The SMILES string of the molecule is CCOC(=O)OC1CC/C(=N\N=C(N)N)C1. The molecule has 7 heteroatoms. The lowest BCUT2D eigenvalue weighted by atomic mass is 10.3. The van der Waals surface area contributed by atoms with Crippen molar-refractivity contribution in [2.24, 2.45) is 21.7 Å². The quantitative estimate of drug-likeness (QED) is 0.313. The average molecular weight is 228 g/mol. The van der Waals surface area contributed by atoms with E-state index in [0.29, 0.717) is 13.0 Å². The molecule has 7 nitrogen and oxygen atoms in total. The molecule has 16 heavy (non-hydrogen) atoms. The fraction of sp³-hybridized carbons (Fsp3) is 0.667. The van der Waals surface area contributed by atoms with Gasteiger partial charge in [0.25, 0.3) is 0 Å². The Kier molecular flexibility index (Phi) is 4.56. The first-order chi connectivity index (χ1) is 7.61. The van der Waals surface area contributed by atoms with Crippen molar-refractivity contribution >= 4 is 17.8 Å². The topological polar surface area (TPSA) is 112 Å². The molecule has 0 heterocycles. The molecule has 1 unspecified atom stereocenters. The van der Waals surface area contributed by atoms with Gasteiger partial charge in [0.2, 0.25) is 5.96 Å². The number of nitrogens with two attached hydrogens (primary N) is 2. The highest BCUT2D eigenvalue weighted by molar-refractivity contribution is 5.88. The van der Waals surface area contributed by atoms with Gasteiger partial charge >= 0.3 is 6.16 Å². The van der Waals surface area contributed by atoms with Crippen LogP contribution in [0.15, 0.2) is 10.2 Å². The molecule has 0 aromatic carbocycles. The van der Waals surface area contributed by atoms with E-state index in [4.69, 9.17) is 16.2 Å². The smallest absolute Gasteiger partial charge is 0.435 e. The minimum absolute atomic E-state index is 0.0812. The van der Waals surface area contributed by atoms with Crippen LogP contribution >= 0.6 is 0 Å². The highest BCUT2D eigenvalue weighted by atomic mass is 16.7. The van der Waals surface area contributed by atoms with E-state index in [-0.39, 0.29) is 12.1 Å². The largest absolute Gasteiger partial charge is 0.508 e. The monoisotopic (exact) mass is 228 g/mol. The van der Waals surface area contributed by atoms with Crippen molar-refractivity contribution in [3.8, 4) is 0 Å². The first kappa shape index (κ1) is 12.3. The van der Waals surface area contributed by atoms with Gasteiger partial charge in [0.05, 0.1) is 6.61 Å². The van der Waals surface area contributed by atoms with Crippen LogP contribution in [0.25, 0.3) is 0 Å². The van der Waals surface area contributed by atoms with E-state index < -0.39 is 6.16 Å². The van der Waals surface area contributed by atoms with Gasteiger partial charge in [0.1, 0.15) is 6.10 Å². The molecule has 0 saturated heterocycles. The zero-order valence-electron chi connectivity index (χ0n) is 9.18. The van der Waals surface area contributed by atoms with Gasteiger partial charge in [-0.05, 0) is 19.8 Å². The van der Waals surface area contributed by atoms with Crippen LogP contribution in [0.2, 0.25) is 0 Å². The summed E-state index contributed by atoms with van der Waals surface area (Å²) in [6, 6.07) is 0. The molecule has 1 atom stereocenters. The number of carbonyl (C=O) groups is 1. The molecule has 1 fully saturated rings. The summed E-state index contributed by atoms with van der Waals surface area (Å²) in [5, 5.41) is 7.39. The third-order valence-electron chi connectivity index (χ3n) is 2.05. The van der Waals surface area contributed by atoms with E-state index >= 15 is 0 Å². The Morgan fingerprint density at radius 1 is 1.56 bits per heavy atom. The van der Waals surface area contributed by atoms with Crippen molar-refractivity contribution in [3.63, 3.8) is 0 Å². The number of hydrogen-bond donors (Lipinski definition) is 2. The second kappa shape index (κ2) is 5.94. The molecule has 0 radical (unpaired) electrons. The van der Waals surface area contributed by atoms with Crippen LogP contribution in [0.5, 0.6) is 0 Å². The van der Waals surface area contributed by atoms with Crippen LogP contribution in [0.3, 0.4) is 0 Å². The maximum Gasteiger partial charge on any atom is 0.508 e. The van der Waals surface area contributed by atoms with E-state index in [1.165, 1.54) is 0 Å². The summed E-state index contributed by atoms with van der Waals surface area (Å²) in [5.41, 5.74) is 11.1. The summed E-state index contributed by atoms with van der Waals surface area (Å²) in [4.78, 5) is 11.0. The zero-order valence-corrected chi connectivity index (χ0v) is 9.18. The second-order valence-corrected chi connectivity index (χ2v) is 3.36. The summed E-state index contributed by atoms with van der Waals surface area (Å²) in [5.74, 6) is -0.0812. The Morgan fingerprint density at radius 3 is 2.94 bits per heavy atom.